The molecule has 6 nitrogen and oxygen atoms in total. The standard InChI is InChI=1S/C30H24N2O4/c1-3-35-30(34)25-18(2)32-28-21-12-6-7-13-22(21)29(33)27(28)26(25)23-14-8-9-15-24(23)36-17-20-11-5-4-10-19(20)16-31/h4-15,26,32H,3,17H2,1-2H3. The van der Waals surface area contributed by atoms with Crippen LogP contribution >= 0.6 is 0 Å². The molecule has 2 aliphatic rings. The number of benzene rings is 3. The molecule has 3 aromatic carbocycles. The number of ether oxygens (including phenoxy) is 2. The normalized spacial score (nSPS) is 16.1. The van der Waals surface area contributed by atoms with Crippen molar-refractivity contribution in [2.45, 2.75) is 26.4 Å². The first-order valence-corrected chi connectivity index (χ1v) is 11.8. The Morgan fingerprint density at radius 3 is 2.47 bits per heavy atom. The molecule has 1 heterocycles. The van der Waals surface area contributed by atoms with Gasteiger partial charge in [-0.15, -0.1) is 0 Å². The molecule has 0 saturated carbocycles. The van der Waals surface area contributed by atoms with Gasteiger partial charge in [0.25, 0.3) is 0 Å². The van der Waals surface area contributed by atoms with Crippen LogP contribution in [0.2, 0.25) is 0 Å². The van der Waals surface area contributed by atoms with E-state index >= 15 is 0 Å². The summed E-state index contributed by atoms with van der Waals surface area (Å²) in [6.07, 6.45) is 0. The van der Waals surface area contributed by atoms with Crippen LogP contribution < -0.4 is 10.1 Å². The molecule has 3 aromatic rings. The zero-order valence-corrected chi connectivity index (χ0v) is 20.0. The lowest BCUT2D eigenvalue weighted by atomic mass is 9.79. The summed E-state index contributed by atoms with van der Waals surface area (Å²) in [6.45, 7) is 3.96. The highest BCUT2D eigenvalue weighted by Crippen LogP contribution is 2.48. The number of carbonyl (C=O) groups excluding carboxylic acids is 2. The van der Waals surface area contributed by atoms with E-state index in [4.69, 9.17) is 9.47 Å². The number of hydrogen-bond acceptors (Lipinski definition) is 6. The molecule has 1 unspecified atom stereocenters. The fourth-order valence-electron chi connectivity index (χ4n) is 4.88. The number of nitrogens with zero attached hydrogens (tertiary/aromatic N) is 1. The lowest BCUT2D eigenvalue weighted by Gasteiger charge is -2.30. The highest BCUT2D eigenvalue weighted by atomic mass is 16.5. The number of rotatable bonds is 6. The number of nitrogens with one attached hydrogen (secondary N) is 1. The largest absolute Gasteiger partial charge is 0.489 e. The topological polar surface area (TPSA) is 88.4 Å². The van der Waals surface area contributed by atoms with Crippen LogP contribution in [-0.4, -0.2) is 18.4 Å². The maximum Gasteiger partial charge on any atom is 0.336 e. The monoisotopic (exact) mass is 476 g/mol. The Balaban J connectivity index is 1.63. The maximum absolute atomic E-state index is 13.7. The summed E-state index contributed by atoms with van der Waals surface area (Å²) in [5.41, 5.74) is 5.59. The van der Waals surface area contributed by atoms with Gasteiger partial charge in [-0.25, -0.2) is 4.79 Å². The van der Waals surface area contributed by atoms with Gasteiger partial charge in [-0.3, -0.25) is 4.79 Å². The smallest absolute Gasteiger partial charge is 0.336 e. The predicted octanol–water partition coefficient (Wildman–Crippen LogP) is 5.27. The van der Waals surface area contributed by atoms with E-state index in [0.29, 0.717) is 45.0 Å². The number of nitriles is 1. The number of allylic oxidation sites excluding steroid dienone is 2. The molecule has 0 spiro atoms. The van der Waals surface area contributed by atoms with Crippen molar-refractivity contribution in [1.82, 2.24) is 5.32 Å². The van der Waals surface area contributed by atoms with Crippen LogP contribution in [0.5, 0.6) is 5.75 Å². The molecule has 1 N–H and O–H groups in total. The van der Waals surface area contributed by atoms with Gasteiger partial charge >= 0.3 is 5.97 Å². The molecule has 5 rings (SSSR count). The molecule has 0 bridgehead atoms. The van der Waals surface area contributed by atoms with Crippen molar-refractivity contribution in [3.63, 3.8) is 0 Å². The molecule has 0 amide bonds. The average Bonchev–Trinajstić information content (AvgIpc) is 3.18. The first kappa shape index (κ1) is 23.1. The van der Waals surface area contributed by atoms with E-state index in [1.54, 1.807) is 19.1 Å². The summed E-state index contributed by atoms with van der Waals surface area (Å²) in [5, 5.41) is 12.8. The van der Waals surface area contributed by atoms with Gasteiger partial charge in [0.2, 0.25) is 0 Å². The Labute approximate surface area is 209 Å². The quantitative estimate of drug-likeness (QED) is 0.488. The molecule has 178 valence electrons. The minimum absolute atomic E-state index is 0.128. The van der Waals surface area contributed by atoms with Crippen LogP contribution in [0.15, 0.2) is 89.6 Å². The summed E-state index contributed by atoms with van der Waals surface area (Å²) in [6, 6.07) is 24.3. The minimum Gasteiger partial charge on any atom is -0.489 e. The summed E-state index contributed by atoms with van der Waals surface area (Å²) >= 11 is 0. The first-order valence-electron chi connectivity index (χ1n) is 11.8. The van der Waals surface area contributed by atoms with Crippen LogP contribution in [-0.2, 0) is 16.1 Å². The fourth-order valence-corrected chi connectivity index (χ4v) is 4.88. The number of dihydropyridines is 1. The SMILES string of the molecule is CCOC(=O)C1=C(C)NC2=C(C(=O)c3ccccc32)C1c1ccccc1OCc1ccccc1C#N. The Bertz CT molecular complexity index is 1490. The second-order valence-corrected chi connectivity index (χ2v) is 8.58. The molecule has 6 heteroatoms. The lowest BCUT2D eigenvalue weighted by molar-refractivity contribution is -0.138. The molecular formula is C30H24N2O4. The number of carbonyl (C=O) groups is 2. The Hall–Kier alpha value is -4.63. The van der Waals surface area contributed by atoms with Gasteiger partial charge in [0, 0.05) is 33.5 Å². The highest BCUT2D eigenvalue weighted by Gasteiger charge is 2.43. The van der Waals surface area contributed by atoms with Crippen LogP contribution in [0.4, 0.5) is 0 Å². The zero-order valence-electron chi connectivity index (χ0n) is 20.0. The first-order chi connectivity index (χ1) is 17.5. The second kappa shape index (κ2) is 9.55. The van der Waals surface area contributed by atoms with Crippen molar-refractivity contribution < 1.29 is 19.1 Å². The Morgan fingerprint density at radius 1 is 1.00 bits per heavy atom. The van der Waals surface area contributed by atoms with Gasteiger partial charge in [-0.05, 0) is 26.0 Å². The maximum atomic E-state index is 13.7. The lowest BCUT2D eigenvalue weighted by Crippen LogP contribution is -2.29. The molecule has 0 radical (unpaired) electrons. The number of hydrogen-bond donors (Lipinski definition) is 1. The van der Waals surface area contributed by atoms with Crippen LogP contribution in [0.25, 0.3) is 5.70 Å². The molecule has 36 heavy (non-hydrogen) atoms. The van der Waals surface area contributed by atoms with Crippen molar-refractivity contribution in [3.8, 4) is 11.8 Å². The highest BCUT2D eigenvalue weighted by molar-refractivity contribution is 6.23. The Kier molecular flexibility index (Phi) is 6.14. The summed E-state index contributed by atoms with van der Waals surface area (Å²) in [4.78, 5) is 26.9. The van der Waals surface area contributed by atoms with Crippen molar-refractivity contribution in [2.24, 2.45) is 0 Å². The molecule has 1 aliphatic heterocycles. The molecular weight excluding hydrogens is 452 g/mol. The van der Waals surface area contributed by atoms with Crippen molar-refractivity contribution in [2.75, 3.05) is 6.61 Å². The number of ketones is 1. The number of fused-ring (bicyclic) bond motifs is 2. The fraction of sp³-hybridized carbons (Fsp3) is 0.167. The van der Waals surface area contributed by atoms with Gasteiger partial charge in [0.05, 0.1) is 35.4 Å². The van der Waals surface area contributed by atoms with Gasteiger partial charge in [0.15, 0.2) is 5.78 Å². The number of esters is 1. The van der Waals surface area contributed by atoms with E-state index < -0.39 is 11.9 Å². The number of para-hydroxylation sites is 1. The van der Waals surface area contributed by atoms with Crippen LogP contribution in [0.1, 0.15) is 52.4 Å². The van der Waals surface area contributed by atoms with Crippen LogP contribution in [0, 0.1) is 11.3 Å². The third-order valence-corrected chi connectivity index (χ3v) is 6.50. The average molecular weight is 477 g/mol. The van der Waals surface area contributed by atoms with Crippen LogP contribution in [0.3, 0.4) is 0 Å². The van der Waals surface area contributed by atoms with E-state index in [1.165, 1.54) is 0 Å². The third-order valence-electron chi connectivity index (χ3n) is 6.50. The van der Waals surface area contributed by atoms with Gasteiger partial charge in [0.1, 0.15) is 12.4 Å². The summed E-state index contributed by atoms with van der Waals surface area (Å²) in [5.74, 6) is -0.755. The summed E-state index contributed by atoms with van der Waals surface area (Å²) < 4.78 is 11.6. The van der Waals surface area contributed by atoms with Gasteiger partial charge in [-0.2, -0.15) is 5.26 Å². The van der Waals surface area contributed by atoms with E-state index in [9.17, 15) is 14.9 Å². The zero-order chi connectivity index (χ0) is 25.2. The van der Waals surface area contributed by atoms with Gasteiger partial charge < -0.3 is 14.8 Å². The molecule has 0 fully saturated rings. The van der Waals surface area contributed by atoms with E-state index in [-0.39, 0.29) is 19.0 Å². The predicted molar refractivity (Wildman–Crippen MR) is 135 cm³/mol. The minimum atomic E-state index is -0.678. The molecule has 0 saturated heterocycles. The third kappa shape index (κ3) is 3.85. The van der Waals surface area contributed by atoms with Crippen molar-refractivity contribution in [3.05, 3.63) is 117 Å². The molecule has 1 atom stereocenters. The van der Waals surface area contributed by atoms with E-state index in [1.807, 2.05) is 67.6 Å². The second-order valence-electron chi connectivity index (χ2n) is 8.58. The Morgan fingerprint density at radius 2 is 1.69 bits per heavy atom. The number of Topliss-reactive ketones (excluding diaryl/α,β-unsaturated/α-hetero) is 1. The summed E-state index contributed by atoms with van der Waals surface area (Å²) in [7, 11) is 0. The molecule has 1 aliphatic carbocycles. The van der Waals surface area contributed by atoms with Crippen molar-refractivity contribution >= 4 is 17.4 Å². The van der Waals surface area contributed by atoms with E-state index in [2.05, 4.69) is 11.4 Å². The van der Waals surface area contributed by atoms with E-state index in [0.717, 1.165) is 11.1 Å². The van der Waals surface area contributed by atoms with Gasteiger partial charge in [-0.1, -0.05) is 60.7 Å². The molecule has 0 aromatic heterocycles. The van der Waals surface area contributed by atoms with Crippen molar-refractivity contribution in [1.29, 1.82) is 5.26 Å².